The second-order valence-corrected chi connectivity index (χ2v) is 6.10. The van der Waals surface area contributed by atoms with E-state index in [2.05, 4.69) is 4.74 Å². The van der Waals surface area contributed by atoms with Crippen molar-refractivity contribution < 1.29 is 26.3 Å². The van der Waals surface area contributed by atoms with Gasteiger partial charge in [0.25, 0.3) is 0 Å². The fourth-order valence-corrected chi connectivity index (χ4v) is 2.92. The van der Waals surface area contributed by atoms with E-state index in [9.17, 15) is 21.6 Å². The Morgan fingerprint density at radius 2 is 1.89 bits per heavy atom. The summed E-state index contributed by atoms with van der Waals surface area (Å²) in [6, 6.07) is 3.29. The van der Waals surface area contributed by atoms with Crippen LogP contribution in [0.25, 0.3) is 0 Å². The number of alkyl halides is 3. The van der Waals surface area contributed by atoms with E-state index < -0.39 is 21.9 Å². The van der Waals surface area contributed by atoms with Crippen LogP contribution in [0.5, 0.6) is 5.75 Å². The Morgan fingerprint density at radius 1 is 1.26 bits per heavy atom. The summed E-state index contributed by atoms with van der Waals surface area (Å²) >= 11 is 0. The van der Waals surface area contributed by atoms with Gasteiger partial charge in [0, 0.05) is 0 Å². The van der Waals surface area contributed by atoms with E-state index in [0.29, 0.717) is 5.56 Å². The van der Waals surface area contributed by atoms with E-state index in [1.165, 1.54) is 13.0 Å². The molecule has 0 saturated heterocycles. The van der Waals surface area contributed by atoms with Crippen LogP contribution in [-0.4, -0.2) is 27.1 Å². The average Bonchev–Trinajstić information content (AvgIpc) is 2.23. The molecule has 0 aromatic heterocycles. The molecule has 108 valence electrons. The van der Waals surface area contributed by atoms with E-state index in [0.717, 1.165) is 12.1 Å². The van der Waals surface area contributed by atoms with Gasteiger partial charge < -0.3 is 10.5 Å². The van der Waals surface area contributed by atoms with Crippen molar-refractivity contribution >= 4 is 9.84 Å². The fraction of sp³-hybridized carbons (Fsp3) is 0.455. The maximum atomic E-state index is 12.1. The molecule has 0 heterocycles. The van der Waals surface area contributed by atoms with Crippen LogP contribution in [0.2, 0.25) is 0 Å². The van der Waals surface area contributed by atoms with Crippen LogP contribution in [0.1, 0.15) is 12.0 Å². The SMILES string of the molecule is Cc1cc(OC(F)(F)F)cc(S(=O)(=O)CCCN)c1. The summed E-state index contributed by atoms with van der Waals surface area (Å²) in [6.45, 7) is 1.68. The smallest absolute Gasteiger partial charge is 0.406 e. The lowest BCUT2D eigenvalue weighted by Crippen LogP contribution is -2.18. The summed E-state index contributed by atoms with van der Waals surface area (Å²) in [4.78, 5) is -0.194. The number of hydrogen-bond donors (Lipinski definition) is 1. The van der Waals surface area contributed by atoms with Crippen molar-refractivity contribution in [2.75, 3.05) is 12.3 Å². The van der Waals surface area contributed by atoms with Gasteiger partial charge in [-0.2, -0.15) is 0 Å². The van der Waals surface area contributed by atoms with Crippen molar-refractivity contribution in [3.05, 3.63) is 23.8 Å². The summed E-state index contributed by atoms with van der Waals surface area (Å²) in [6.07, 6.45) is -4.61. The topological polar surface area (TPSA) is 69.4 Å². The van der Waals surface area contributed by atoms with E-state index in [-0.39, 0.29) is 23.6 Å². The van der Waals surface area contributed by atoms with Gasteiger partial charge in [0.15, 0.2) is 9.84 Å². The van der Waals surface area contributed by atoms with Crippen molar-refractivity contribution in [3.63, 3.8) is 0 Å². The lowest BCUT2D eigenvalue weighted by molar-refractivity contribution is -0.274. The highest BCUT2D eigenvalue weighted by molar-refractivity contribution is 7.91. The average molecular weight is 297 g/mol. The lowest BCUT2D eigenvalue weighted by Gasteiger charge is -2.11. The first kappa shape index (κ1) is 15.8. The lowest BCUT2D eigenvalue weighted by atomic mass is 10.2. The molecule has 0 saturated carbocycles. The molecule has 1 rings (SSSR count). The first-order valence-electron chi connectivity index (χ1n) is 5.44. The van der Waals surface area contributed by atoms with Crippen LogP contribution in [0.15, 0.2) is 23.1 Å². The third-order valence-electron chi connectivity index (χ3n) is 2.23. The molecule has 1 aromatic rings. The van der Waals surface area contributed by atoms with Crippen LogP contribution in [0.4, 0.5) is 13.2 Å². The highest BCUT2D eigenvalue weighted by Gasteiger charge is 2.31. The van der Waals surface area contributed by atoms with Crippen LogP contribution in [-0.2, 0) is 9.84 Å². The molecule has 8 heteroatoms. The van der Waals surface area contributed by atoms with Crippen molar-refractivity contribution in [2.24, 2.45) is 5.73 Å². The number of ether oxygens (including phenoxy) is 1. The van der Waals surface area contributed by atoms with E-state index in [4.69, 9.17) is 5.73 Å². The minimum Gasteiger partial charge on any atom is -0.406 e. The van der Waals surface area contributed by atoms with Gasteiger partial charge in [-0.1, -0.05) is 0 Å². The fourth-order valence-electron chi connectivity index (χ4n) is 1.48. The highest BCUT2D eigenvalue weighted by Crippen LogP contribution is 2.27. The summed E-state index contributed by atoms with van der Waals surface area (Å²) in [5.74, 6) is -0.753. The van der Waals surface area contributed by atoms with E-state index in [1.807, 2.05) is 0 Å². The maximum Gasteiger partial charge on any atom is 0.573 e. The quantitative estimate of drug-likeness (QED) is 0.902. The van der Waals surface area contributed by atoms with E-state index in [1.54, 1.807) is 0 Å². The molecule has 0 bridgehead atoms. The predicted octanol–water partition coefficient (Wildman–Crippen LogP) is 2.02. The number of nitrogens with two attached hydrogens (primary N) is 1. The Morgan fingerprint density at radius 3 is 2.42 bits per heavy atom. The molecule has 0 radical (unpaired) electrons. The molecule has 0 unspecified atom stereocenters. The minimum absolute atomic E-state index is 0.191. The Balaban J connectivity index is 3.09. The Kier molecular flexibility index (Phi) is 4.81. The van der Waals surface area contributed by atoms with Crippen LogP contribution in [0.3, 0.4) is 0 Å². The summed E-state index contributed by atoms with van der Waals surface area (Å²) in [7, 11) is -3.65. The number of benzene rings is 1. The third kappa shape index (κ3) is 5.07. The van der Waals surface area contributed by atoms with Gasteiger partial charge in [0.05, 0.1) is 10.6 Å². The van der Waals surface area contributed by atoms with Gasteiger partial charge in [0.1, 0.15) is 5.75 Å². The molecule has 0 aliphatic rings. The van der Waals surface area contributed by atoms with Crippen molar-refractivity contribution in [3.8, 4) is 5.75 Å². The number of rotatable bonds is 5. The zero-order valence-corrected chi connectivity index (χ0v) is 11.0. The Bertz CT molecular complexity index is 541. The van der Waals surface area contributed by atoms with Crippen molar-refractivity contribution in [1.29, 1.82) is 0 Å². The van der Waals surface area contributed by atoms with Gasteiger partial charge >= 0.3 is 6.36 Å². The van der Waals surface area contributed by atoms with Gasteiger partial charge in [-0.15, -0.1) is 13.2 Å². The van der Waals surface area contributed by atoms with Crippen LogP contribution >= 0.6 is 0 Å². The highest BCUT2D eigenvalue weighted by atomic mass is 32.2. The number of sulfone groups is 1. The molecule has 0 aliphatic heterocycles. The summed E-state index contributed by atoms with van der Waals surface area (Å²) < 4.78 is 63.8. The van der Waals surface area contributed by atoms with Crippen molar-refractivity contribution in [2.45, 2.75) is 24.6 Å². The zero-order chi connectivity index (χ0) is 14.7. The molecular formula is C11H14F3NO3S. The molecule has 4 nitrogen and oxygen atoms in total. The summed E-state index contributed by atoms with van der Waals surface area (Å²) in [5.41, 5.74) is 5.59. The summed E-state index contributed by atoms with van der Waals surface area (Å²) in [5, 5.41) is 0. The van der Waals surface area contributed by atoms with Gasteiger partial charge in [-0.3, -0.25) is 0 Å². The normalized spacial score (nSPS) is 12.5. The minimum atomic E-state index is -4.86. The first-order valence-corrected chi connectivity index (χ1v) is 7.09. The second-order valence-electron chi connectivity index (χ2n) is 3.99. The molecule has 0 spiro atoms. The molecular weight excluding hydrogens is 283 g/mol. The predicted molar refractivity (Wildman–Crippen MR) is 63.6 cm³/mol. The monoisotopic (exact) mass is 297 g/mol. The Labute approximate surface area is 109 Å². The molecule has 0 amide bonds. The Hall–Kier alpha value is -1.28. The number of hydrogen-bond acceptors (Lipinski definition) is 4. The molecule has 0 atom stereocenters. The molecule has 0 fully saturated rings. The van der Waals surface area contributed by atoms with Crippen LogP contribution < -0.4 is 10.5 Å². The second kappa shape index (κ2) is 5.79. The number of aryl methyl sites for hydroxylation is 1. The standard InChI is InChI=1S/C11H14F3NO3S/c1-8-5-9(18-11(12,13)14)7-10(6-8)19(16,17)4-2-3-15/h5-7H,2-4,15H2,1H3. The van der Waals surface area contributed by atoms with E-state index >= 15 is 0 Å². The van der Waals surface area contributed by atoms with Gasteiger partial charge in [-0.25, -0.2) is 8.42 Å². The van der Waals surface area contributed by atoms with Gasteiger partial charge in [-0.05, 0) is 43.7 Å². The molecule has 19 heavy (non-hydrogen) atoms. The maximum absolute atomic E-state index is 12.1. The van der Waals surface area contributed by atoms with Gasteiger partial charge in [0.2, 0.25) is 0 Å². The first-order chi connectivity index (χ1) is 8.64. The van der Waals surface area contributed by atoms with Crippen LogP contribution in [0, 0.1) is 6.92 Å². The number of halogens is 3. The molecule has 0 aliphatic carbocycles. The molecule has 2 N–H and O–H groups in total. The van der Waals surface area contributed by atoms with Crippen molar-refractivity contribution in [1.82, 2.24) is 0 Å². The zero-order valence-electron chi connectivity index (χ0n) is 10.2. The largest absolute Gasteiger partial charge is 0.573 e. The third-order valence-corrected chi connectivity index (χ3v) is 4.01. The molecule has 1 aromatic carbocycles.